The number of nitrogens with one attached hydrogen (secondary N) is 1. The summed E-state index contributed by atoms with van der Waals surface area (Å²) in [5.74, 6) is 1.81. The average molecular weight is 255 g/mol. The molecule has 0 amide bonds. The lowest BCUT2D eigenvalue weighted by molar-refractivity contribution is 0.674. The van der Waals surface area contributed by atoms with Gasteiger partial charge in [-0.2, -0.15) is 0 Å². The van der Waals surface area contributed by atoms with Gasteiger partial charge in [0, 0.05) is 23.0 Å². The van der Waals surface area contributed by atoms with E-state index in [1.54, 1.807) is 11.8 Å². The molecule has 1 aromatic carbocycles. The molecule has 0 spiro atoms. The number of rotatable bonds is 1. The molecule has 1 aliphatic rings. The number of halogens is 1. The predicted molar refractivity (Wildman–Crippen MR) is 73.7 cm³/mol. The number of benzene rings is 1. The second kappa shape index (κ2) is 5.11. The summed E-state index contributed by atoms with van der Waals surface area (Å²) in [6.45, 7) is 5.13. The molecule has 1 aromatic rings. The Morgan fingerprint density at radius 3 is 2.94 bits per heavy atom. The van der Waals surface area contributed by atoms with Crippen LogP contribution in [0.25, 0.3) is 0 Å². The number of hydrogen-bond donors (Lipinski definition) is 1. The van der Waals surface area contributed by atoms with Gasteiger partial charge in [0.2, 0.25) is 0 Å². The molecule has 2 rings (SSSR count). The highest BCUT2D eigenvalue weighted by atomic mass is 35.5. The highest BCUT2D eigenvalue weighted by Crippen LogP contribution is 2.23. The minimum atomic E-state index is 0.678. The van der Waals surface area contributed by atoms with Crippen molar-refractivity contribution < 1.29 is 0 Å². The Balaban J connectivity index is 2.06. The van der Waals surface area contributed by atoms with E-state index in [-0.39, 0.29) is 0 Å². The maximum atomic E-state index is 6.07. The van der Waals surface area contributed by atoms with Gasteiger partial charge in [0.15, 0.2) is 5.17 Å². The lowest BCUT2D eigenvalue weighted by atomic mass is 10.2. The van der Waals surface area contributed by atoms with Crippen molar-refractivity contribution in [3.63, 3.8) is 0 Å². The van der Waals surface area contributed by atoms with Crippen LogP contribution in [0.5, 0.6) is 0 Å². The van der Waals surface area contributed by atoms with E-state index < -0.39 is 0 Å². The molecule has 0 fully saturated rings. The van der Waals surface area contributed by atoms with Gasteiger partial charge in [0.1, 0.15) is 0 Å². The van der Waals surface area contributed by atoms with Gasteiger partial charge < -0.3 is 5.32 Å². The monoisotopic (exact) mass is 254 g/mol. The summed E-state index contributed by atoms with van der Waals surface area (Å²) in [5.41, 5.74) is 2.11. The summed E-state index contributed by atoms with van der Waals surface area (Å²) >= 11 is 7.84. The fourth-order valence-electron chi connectivity index (χ4n) is 1.43. The lowest BCUT2D eigenvalue weighted by Crippen LogP contribution is -2.18. The smallest absolute Gasteiger partial charge is 0.161 e. The molecule has 0 aromatic heterocycles. The normalized spacial score (nSPS) is 20.4. The Kier molecular flexibility index (Phi) is 3.77. The number of aliphatic imine (C=N–C) groups is 1. The van der Waals surface area contributed by atoms with Crippen molar-refractivity contribution in [1.29, 1.82) is 0 Å². The zero-order valence-corrected chi connectivity index (χ0v) is 11.0. The van der Waals surface area contributed by atoms with Crippen LogP contribution in [0.3, 0.4) is 0 Å². The second-order valence-corrected chi connectivity index (χ2v) is 5.57. The van der Waals surface area contributed by atoms with Crippen molar-refractivity contribution >= 4 is 34.2 Å². The molecule has 2 nitrogen and oxygen atoms in total. The fraction of sp³-hybridized carbons (Fsp3) is 0.417. The van der Waals surface area contributed by atoms with E-state index in [0.717, 1.165) is 33.7 Å². The van der Waals surface area contributed by atoms with Crippen LogP contribution in [0.1, 0.15) is 12.5 Å². The Morgan fingerprint density at radius 2 is 2.31 bits per heavy atom. The van der Waals surface area contributed by atoms with Crippen molar-refractivity contribution in [3.05, 3.63) is 28.8 Å². The Morgan fingerprint density at radius 1 is 1.50 bits per heavy atom. The van der Waals surface area contributed by atoms with E-state index in [4.69, 9.17) is 11.6 Å². The van der Waals surface area contributed by atoms with Gasteiger partial charge in [-0.05, 0) is 30.5 Å². The minimum Gasteiger partial charge on any atom is -0.335 e. The standard InChI is InChI=1S/C12H15ClN2S/c1-8-6-14-12(16-7-8)15-10-4-3-9(2)11(13)5-10/h3-5,8H,6-7H2,1-2H3,(H,14,15). The van der Waals surface area contributed by atoms with Crippen molar-refractivity contribution in [2.24, 2.45) is 10.9 Å². The van der Waals surface area contributed by atoms with Gasteiger partial charge in [0.25, 0.3) is 0 Å². The summed E-state index contributed by atoms with van der Waals surface area (Å²) in [5, 5.41) is 5.09. The summed E-state index contributed by atoms with van der Waals surface area (Å²) in [6.07, 6.45) is 0. The summed E-state index contributed by atoms with van der Waals surface area (Å²) in [7, 11) is 0. The Hall–Kier alpha value is -0.670. The molecule has 86 valence electrons. The van der Waals surface area contributed by atoms with Gasteiger partial charge in [-0.3, -0.25) is 4.99 Å². The van der Waals surface area contributed by atoms with Crippen LogP contribution in [0.15, 0.2) is 23.2 Å². The van der Waals surface area contributed by atoms with Gasteiger partial charge in [0.05, 0.1) is 0 Å². The first kappa shape index (κ1) is 11.8. The van der Waals surface area contributed by atoms with E-state index in [1.165, 1.54) is 0 Å². The van der Waals surface area contributed by atoms with Crippen LogP contribution in [0.4, 0.5) is 5.69 Å². The third-order valence-corrected chi connectivity index (χ3v) is 4.12. The third kappa shape index (κ3) is 2.92. The largest absolute Gasteiger partial charge is 0.335 e. The topological polar surface area (TPSA) is 24.4 Å². The van der Waals surface area contributed by atoms with E-state index in [2.05, 4.69) is 17.2 Å². The molecule has 1 N–H and O–H groups in total. The minimum absolute atomic E-state index is 0.678. The fourth-order valence-corrected chi connectivity index (χ4v) is 2.51. The SMILES string of the molecule is Cc1ccc(NC2=NCC(C)CS2)cc1Cl. The third-order valence-electron chi connectivity index (χ3n) is 2.47. The highest BCUT2D eigenvalue weighted by Gasteiger charge is 2.12. The van der Waals surface area contributed by atoms with Crippen molar-refractivity contribution in [2.75, 3.05) is 17.6 Å². The number of hydrogen-bond acceptors (Lipinski definition) is 3. The first-order valence-electron chi connectivity index (χ1n) is 5.35. The molecule has 1 unspecified atom stereocenters. The van der Waals surface area contributed by atoms with Crippen LogP contribution in [-0.4, -0.2) is 17.5 Å². The van der Waals surface area contributed by atoms with Crippen LogP contribution in [-0.2, 0) is 0 Å². The van der Waals surface area contributed by atoms with E-state index in [0.29, 0.717) is 5.92 Å². The Bertz CT molecular complexity index is 417. The first-order valence-corrected chi connectivity index (χ1v) is 6.72. The van der Waals surface area contributed by atoms with Gasteiger partial charge >= 0.3 is 0 Å². The molecular formula is C12H15ClN2S. The van der Waals surface area contributed by atoms with Gasteiger partial charge in [-0.15, -0.1) is 0 Å². The molecule has 0 bridgehead atoms. The van der Waals surface area contributed by atoms with Gasteiger partial charge in [-0.1, -0.05) is 36.4 Å². The zero-order valence-electron chi connectivity index (χ0n) is 9.46. The molecular weight excluding hydrogens is 240 g/mol. The van der Waals surface area contributed by atoms with E-state index >= 15 is 0 Å². The molecule has 1 heterocycles. The van der Waals surface area contributed by atoms with Crippen molar-refractivity contribution in [2.45, 2.75) is 13.8 Å². The Labute approximate surface area is 105 Å². The zero-order chi connectivity index (χ0) is 11.5. The summed E-state index contributed by atoms with van der Waals surface area (Å²) < 4.78 is 0. The quantitative estimate of drug-likeness (QED) is 0.824. The second-order valence-electron chi connectivity index (χ2n) is 4.15. The van der Waals surface area contributed by atoms with Crippen LogP contribution in [0, 0.1) is 12.8 Å². The van der Waals surface area contributed by atoms with Crippen LogP contribution in [0.2, 0.25) is 5.02 Å². The maximum Gasteiger partial charge on any atom is 0.161 e. The lowest BCUT2D eigenvalue weighted by Gasteiger charge is -2.18. The first-order chi connectivity index (χ1) is 7.65. The van der Waals surface area contributed by atoms with E-state index in [9.17, 15) is 0 Å². The van der Waals surface area contributed by atoms with Gasteiger partial charge in [-0.25, -0.2) is 0 Å². The van der Waals surface area contributed by atoms with Crippen molar-refractivity contribution in [3.8, 4) is 0 Å². The van der Waals surface area contributed by atoms with Crippen LogP contribution < -0.4 is 5.32 Å². The molecule has 1 aliphatic heterocycles. The number of anilines is 1. The molecule has 0 saturated heterocycles. The molecule has 1 atom stereocenters. The van der Waals surface area contributed by atoms with Crippen molar-refractivity contribution in [1.82, 2.24) is 0 Å². The number of aryl methyl sites for hydroxylation is 1. The number of thioether (sulfide) groups is 1. The molecule has 0 radical (unpaired) electrons. The van der Waals surface area contributed by atoms with E-state index in [1.807, 2.05) is 25.1 Å². The average Bonchev–Trinajstić information content (AvgIpc) is 2.27. The number of amidine groups is 1. The molecule has 4 heteroatoms. The molecule has 16 heavy (non-hydrogen) atoms. The molecule has 0 aliphatic carbocycles. The number of nitrogens with zero attached hydrogens (tertiary/aromatic N) is 1. The predicted octanol–water partition coefficient (Wildman–Crippen LogP) is 3.80. The molecule has 0 saturated carbocycles. The summed E-state index contributed by atoms with van der Waals surface area (Å²) in [6, 6.07) is 5.99. The highest BCUT2D eigenvalue weighted by molar-refractivity contribution is 8.14. The summed E-state index contributed by atoms with van der Waals surface area (Å²) in [4.78, 5) is 4.48. The maximum absolute atomic E-state index is 6.07. The van der Waals surface area contributed by atoms with Crippen LogP contribution >= 0.6 is 23.4 Å².